The fourth-order valence-corrected chi connectivity index (χ4v) is 5.11. The van der Waals surface area contributed by atoms with Crippen LogP contribution in [-0.4, -0.2) is 52.7 Å². The molecule has 7 nitrogen and oxygen atoms in total. The highest BCUT2D eigenvalue weighted by Crippen LogP contribution is 2.31. The molecule has 2 aliphatic heterocycles. The van der Waals surface area contributed by atoms with Gasteiger partial charge in [0, 0.05) is 30.7 Å². The summed E-state index contributed by atoms with van der Waals surface area (Å²) in [6.45, 7) is 2.42. The molecule has 2 aliphatic rings. The normalized spacial score (nSPS) is 19.3. The van der Waals surface area contributed by atoms with Gasteiger partial charge in [-0.25, -0.2) is 4.90 Å². The molecule has 0 spiro atoms. The Morgan fingerprint density at radius 2 is 1.69 bits per heavy atom. The molecule has 3 amide bonds. The van der Waals surface area contributed by atoms with Gasteiger partial charge >= 0.3 is 0 Å². The average Bonchev–Trinajstić information content (AvgIpc) is 3.50. The van der Waals surface area contributed by atoms with Gasteiger partial charge in [0.1, 0.15) is 6.04 Å². The number of rotatable bonds is 6. The van der Waals surface area contributed by atoms with E-state index in [4.69, 9.17) is 16.0 Å². The lowest BCUT2D eigenvalue weighted by atomic mass is 9.99. The van der Waals surface area contributed by atoms with Crippen molar-refractivity contribution in [2.75, 3.05) is 18.0 Å². The fourth-order valence-electron chi connectivity index (χ4n) is 4.98. The Morgan fingerprint density at radius 1 is 0.971 bits per heavy atom. The lowest BCUT2D eigenvalue weighted by molar-refractivity contribution is -0.123. The molecule has 2 aromatic carbocycles. The summed E-state index contributed by atoms with van der Waals surface area (Å²) in [7, 11) is 0. The van der Waals surface area contributed by atoms with Gasteiger partial charge < -0.3 is 9.32 Å². The van der Waals surface area contributed by atoms with Gasteiger partial charge in [0.05, 0.1) is 18.4 Å². The minimum absolute atomic E-state index is 0.0574. The number of amides is 3. The van der Waals surface area contributed by atoms with Crippen LogP contribution in [0.3, 0.4) is 0 Å². The first-order chi connectivity index (χ1) is 17.0. The topological polar surface area (TPSA) is 74.1 Å². The zero-order valence-corrected chi connectivity index (χ0v) is 19.9. The summed E-state index contributed by atoms with van der Waals surface area (Å²) in [5.74, 6) is -0.924. The lowest BCUT2D eigenvalue weighted by Gasteiger charge is -2.40. The number of halogens is 1. The Hall–Kier alpha value is -3.42. The molecule has 0 radical (unpaired) electrons. The number of nitrogens with zero attached hydrogens (tertiary/aromatic N) is 3. The highest BCUT2D eigenvalue weighted by molar-refractivity contribution is 6.31. The van der Waals surface area contributed by atoms with Gasteiger partial charge in [-0.3, -0.25) is 19.3 Å². The number of carbonyl (C=O) groups is 3. The maximum Gasteiger partial charge on any atom is 0.290 e. The molecular weight excluding hydrogens is 466 g/mol. The number of likely N-dealkylation sites (tertiary alicyclic amines) is 1. The highest BCUT2D eigenvalue weighted by Gasteiger charge is 2.47. The minimum Gasteiger partial charge on any atom is -0.459 e. The molecule has 1 aromatic heterocycles. The fraction of sp³-hybridized carbons (Fsp3) is 0.296. The molecule has 2 saturated heterocycles. The van der Waals surface area contributed by atoms with Crippen LogP contribution in [-0.2, 0) is 16.1 Å². The molecular formula is C27H26ClN3O4. The number of piperidine rings is 1. The summed E-state index contributed by atoms with van der Waals surface area (Å²) < 4.78 is 5.39. The van der Waals surface area contributed by atoms with E-state index in [0.717, 1.165) is 24.5 Å². The van der Waals surface area contributed by atoms with Crippen LogP contribution in [0.2, 0.25) is 5.02 Å². The van der Waals surface area contributed by atoms with Gasteiger partial charge in [0.2, 0.25) is 5.91 Å². The second-order valence-electron chi connectivity index (χ2n) is 8.95. The van der Waals surface area contributed by atoms with Crippen molar-refractivity contribution in [1.82, 2.24) is 9.80 Å². The summed E-state index contributed by atoms with van der Waals surface area (Å²) in [6, 6.07) is 19.0. The van der Waals surface area contributed by atoms with Crippen molar-refractivity contribution < 1.29 is 18.8 Å². The van der Waals surface area contributed by atoms with Crippen molar-refractivity contribution in [3.05, 3.63) is 89.3 Å². The molecule has 1 unspecified atom stereocenters. The first-order valence-corrected chi connectivity index (χ1v) is 12.1. The number of furan rings is 1. The van der Waals surface area contributed by atoms with E-state index >= 15 is 0 Å². The number of carbonyl (C=O) groups excluding carboxylic acids is 3. The molecule has 0 aliphatic carbocycles. The van der Waals surface area contributed by atoms with E-state index < -0.39 is 11.9 Å². The van der Waals surface area contributed by atoms with Crippen LogP contribution < -0.4 is 4.90 Å². The summed E-state index contributed by atoms with van der Waals surface area (Å²) in [4.78, 5) is 45.1. The monoisotopic (exact) mass is 491 g/mol. The molecule has 5 rings (SSSR count). The van der Waals surface area contributed by atoms with Crippen LogP contribution in [0.5, 0.6) is 0 Å². The van der Waals surface area contributed by atoms with Crippen molar-refractivity contribution in [2.24, 2.45) is 0 Å². The van der Waals surface area contributed by atoms with E-state index in [1.807, 2.05) is 18.2 Å². The highest BCUT2D eigenvalue weighted by atomic mass is 35.5. The van der Waals surface area contributed by atoms with Crippen molar-refractivity contribution in [3.63, 3.8) is 0 Å². The molecule has 0 N–H and O–H groups in total. The second kappa shape index (κ2) is 10.1. The number of hydrogen-bond acceptors (Lipinski definition) is 5. The van der Waals surface area contributed by atoms with Gasteiger partial charge in [0.25, 0.3) is 11.8 Å². The SMILES string of the molecule is O=C1CC(N(C(=O)c2ccco2)C2CCN(Cc3ccccc3)CC2)C(=O)N1c1ccc(Cl)cc1. The van der Waals surface area contributed by atoms with E-state index in [1.54, 1.807) is 41.3 Å². The molecule has 35 heavy (non-hydrogen) atoms. The zero-order chi connectivity index (χ0) is 24.4. The van der Waals surface area contributed by atoms with E-state index in [9.17, 15) is 14.4 Å². The maximum absolute atomic E-state index is 13.5. The number of benzene rings is 2. The Kier molecular flexibility index (Phi) is 6.70. The predicted molar refractivity (Wildman–Crippen MR) is 132 cm³/mol. The molecule has 3 aromatic rings. The standard InChI is InChI=1S/C27H26ClN3O4/c28-20-8-10-21(11-9-20)31-25(32)17-23(26(31)33)30(27(34)24-7-4-16-35-24)22-12-14-29(15-13-22)18-19-5-2-1-3-6-19/h1-11,16,22-23H,12-15,17-18H2. The molecule has 8 heteroatoms. The van der Waals surface area contributed by atoms with E-state index in [1.165, 1.54) is 11.8 Å². The predicted octanol–water partition coefficient (Wildman–Crippen LogP) is 4.37. The summed E-state index contributed by atoms with van der Waals surface area (Å²) in [6.07, 6.45) is 2.80. The quantitative estimate of drug-likeness (QED) is 0.479. The van der Waals surface area contributed by atoms with Gasteiger partial charge in [-0.2, -0.15) is 0 Å². The summed E-state index contributed by atoms with van der Waals surface area (Å²) in [5, 5.41) is 0.515. The van der Waals surface area contributed by atoms with Gasteiger partial charge in [-0.1, -0.05) is 41.9 Å². The van der Waals surface area contributed by atoms with E-state index in [2.05, 4.69) is 17.0 Å². The van der Waals surface area contributed by atoms with Crippen molar-refractivity contribution in [2.45, 2.75) is 37.9 Å². The van der Waals surface area contributed by atoms with Gasteiger partial charge in [-0.15, -0.1) is 0 Å². The van der Waals surface area contributed by atoms with Crippen LogP contribution in [0.15, 0.2) is 77.4 Å². The molecule has 2 fully saturated rings. The van der Waals surface area contributed by atoms with E-state index in [0.29, 0.717) is 23.6 Å². The van der Waals surface area contributed by atoms with Crippen molar-refractivity contribution >= 4 is 35.0 Å². The first-order valence-electron chi connectivity index (χ1n) is 11.8. The van der Waals surface area contributed by atoms with Crippen molar-refractivity contribution in [3.8, 4) is 0 Å². The van der Waals surface area contributed by atoms with Gasteiger partial charge in [-0.05, 0) is 54.8 Å². The summed E-state index contributed by atoms with van der Waals surface area (Å²) >= 11 is 5.98. The van der Waals surface area contributed by atoms with Crippen LogP contribution in [0.25, 0.3) is 0 Å². The third kappa shape index (κ3) is 4.88. The third-order valence-electron chi connectivity index (χ3n) is 6.71. The van der Waals surface area contributed by atoms with Crippen LogP contribution in [0.4, 0.5) is 5.69 Å². The average molecular weight is 492 g/mol. The second-order valence-corrected chi connectivity index (χ2v) is 9.38. The largest absolute Gasteiger partial charge is 0.459 e. The molecule has 0 bridgehead atoms. The van der Waals surface area contributed by atoms with Crippen LogP contribution in [0.1, 0.15) is 35.4 Å². The molecule has 0 saturated carbocycles. The van der Waals surface area contributed by atoms with Gasteiger partial charge in [0.15, 0.2) is 5.76 Å². The molecule has 180 valence electrons. The van der Waals surface area contributed by atoms with Crippen LogP contribution in [0, 0.1) is 0 Å². The zero-order valence-electron chi connectivity index (χ0n) is 19.2. The van der Waals surface area contributed by atoms with Crippen LogP contribution >= 0.6 is 11.6 Å². The smallest absolute Gasteiger partial charge is 0.290 e. The first kappa shape index (κ1) is 23.3. The maximum atomic E-state index is 13.5. The molecule has 1 atom stereocenters. The molecule has 3 heterocycles. The Labute approximate surface area is 208 Å². The van der Waals surface area contributed by atoms with Crippen molar-refractivity contribution in [1.29, 1.82) is 0 Å². The van der Waals surface area contributed by atoms with E-state index in [-0.39, 0.29) is 30.0 Å². The number of imide groups is 1. The third-order valence-corrected chi connectivity index (χ3v) is 6.96. The number of anilines is 1. The Morgan fingerprint density at radius 3 is 2.34 bits per heavy atom. The Bertz CT molecular complexity index is 1190. The Balaban J connectivity index is 1.36. The minimum atomic E-state index is -0.874. The lowest BCUT2D eigenvalue weighted by Crippen LogP contribution is -2.54. The summed E-state index contributed by atoms with van der Waals surface area (Å²) in [5.41, 5.74) is 1.69. The number of hydrogen-bond donors (Lipinski definition) is 0.